The van der Waals surface area contributed by atoms with Gasteiger partial charge in [-0.1, -0.05) is 18.2 Å². The summed E-state index contributed by atoms with van der Waals surface area (Å²) < 4.78 is 23.3. The molecule has 1 amide bonds. The molecule has 2 unspecified atom stereocenters. The summed E-state index contributed by atoms with van der Waals surface area (Å²) in [5.74, 6) is 0.552. The Morgan fingerprint density at radius 2 is 1.96 bits per heavy atom. The van der Waals surface area contributed by atoms with Crippen molar-refractivity contribution < 1.29 is 13.2 Å². The molecule has 0 aliphatic carbocycles. The molecule has 0 radical (unpaired) electrons. The normalized spacial score (nSPS) is 23.3. The number of carbonyl (C=O) groups excluding carboxylic acids is 1. The summed E-state index contributed by atoms with van der Waals surface area (Å²) in [5, 5.41) is 8.41. The molecule has 1 aromatic carbocycles. The topological polar surface area (TPSA) is 83.5 Å². The van der Waals surface area contributed by atoms with E-state index in [4.69, 9.17) is 0 Å². The van der Waals surface area contributed by atoms with E-state index in [9.17, 15) is 13.2 Å². The van der Waals surface area contributed by atoms with Gasteiger partial charge in [0, 0.05) is 24.8 Å². The number of nitrogens with zero attached hydrogens (tertiary/aromatic N) is 4. The molecule has 3 heterocycles. The molecule has 0 N–H and O–H groups in total. The first-order chi connectivity index (χ1) is 12.9. The van der Waals surface area contributed by atoms with Crippen molar-refractivity contribution in [2.24, 2.45) is 0 Å². The first-order valence-electron chi connectivity index (χ1n) is 9.04. The molecule has 1 saturated heterocycles. The Kier molecular flexibility index (Phi) is 4.38. The molecule has 8 heteroatoms. The smallest absolute Gasteiger partial charge is 0.274 e. The summed E-state index contributed by atoms with van der Waals surface area (Å²) >= 11 is 0. The van der Waals surface area contributed by atoms with Crippen molar-refractivity contribution in [1.29, 1.82) is 0 Å². The highest BCUT2D eigenvalue weighted by atomic mass is 32.2. The molecule has 2 aliphatic rings. The minimum Gasteiger partial charge on any atom is -0.336 e. The summed E-state index contributed by atoms with van der Waals surface area (Å²) in [4.78, 5) is 16.3. The van der Waals surface area contributed by atoms with Crippen LogP contribution in [0.25, 0.3) is 0 Å². The van der Waals surface area contributed by atoms with Gasteiger partial charge in [0.25, 0.3) is 5.91 Å². The Hall–Kier alpha value is -2.48. The van der Waals surface area contributed by atoms with Crippen LogP contribution in [-0.4, -0.2) is 60.1 Å². The summed E-state index contributed by atoms with van der Waals surface area (Å²) in [5.41, 5.74) is 2.62. The number of benzene rings is 1. The lowest BCUT2D eigenvalue weighted by Crippen LogP contribution is -2.38. The van der Waals surface area contributed by atoms with Gasteiger partial charge in [0.05, 0.1) is 11.5 Å². The Balaban J connectivity index is 1.53. The molecule has 1 fully saturated rings. The van der Waals surface area contributed by atoms with Crippen LogP contribution < -0.4 is 4.90 Å². The van der Waals surface area contributed by atoms with Crippen molar-refractivity contribution in [1.82, 2.24) is 15.1 Å². The Labute approximate surface area is 158 Å². The van der Waals surface area contributed by atoms with E-state index in [1.807, 2.05) is 12.1 Å². The van der Waals surface area contributed by atoms with Crippen molar-refractivity contribution in [3.05, 3.63) is 47.7 Å². The maximum Gasteiger partial charge on any atom is 0.274 e. The van der Waals surface area contributed by atoms with Crippen LogP contribution >= 0.6 is 0 Å². The number of para-hydroxylation sites is 1. The highest BCUT2D eigenvalue weighted by Crippen LogP contribution is 2.36. The van der Waals surface area contributed by atoms with Crippen LogP contribution in [0.2, 0.25) is 0 Å². The quantitative estimate of drug-likeness (QED) is 0.800. The van der Waals surface area contributed by atoms with E-state index in [1.165, 1.54) is 10.5 Å². The third kappa shape index (κ3) is 3.29. The molecule has 0 bridgehead atoms. The molecule has 0 saturated carbocycles. The standard InChI is InChI=1S/C19H22N4O3S/c1-13-11-14-5-3-4-6-17(14)23(13)18-8-7-16(20-21-18)19(24)22(2)15-9-10-27(25,26)12-15/h3-8,13,15H,9-12H2,1-2H3. The van der Waals surface area contributed by atoms with Crippen molar-refractivity contribution in [3.8, 4) is 0 Å². The average Bonchev–Trinajstić information content (AvgIpc) is 3.19. The molecule has 2 atom stereocenters. The van der Waals surface area contributed by atoms with Crippen molar-refractivity contribution in [3.63, 3.8) is 0 Å². The zero-order valence-corrected chi connectivity index (χ0v) is 16.2. The number of rotatable bonds is 3. The zero-order valence-electron chi connectivity index (χ0n) is 15.4. The molecule has 27 heavy (non-hydrogen) atoms. The Morgan fingerprint density at radius 1 is 1.19 bits per heavy atom. The maximum atomic E-state index is 12.7. The van der Waals surface area contributed by atoms with E-state index in [1.54, 1.807) is 19.2 Å². The zero-order chi connectivity index (χ0) is 19.2. The predicted molar refractivity (Wildman–Crippen MR) is 103 cm³/mol. The Bertz CT molecular complexity index is 975. The molecular formula is C19H22N4O3S. The van der Waals surface area contributed by atoms with Gasteiger partial charge in [0.1, 0.15) is 0 Å². The first-order valence-corrected chi connectivity index (χ1v) is 10.9. The molecule has 142 valence electrons. The van der Waals surface area contributed by atoms with Gasteiger partial charge in [-0.2, -0.15) is 0 Å². The molecule has 0 spiro atoms. The van der Waals surface area contributed by atoms with Gasteiger partial charge in [-0.05, 0) is 43.5 Å². The van der Waals surface area contributed by atoms with Crippen LogP contribution in [0.5, 0.6) is 0 Å². The fourth-order valence-electron chi connectivity index (χ4n) is 3.91. The van der Waals surface area contributed by atoms with Crippen molar-refractivity contribution >= 4 is 27.2 Å². The third-order valence-corrected chi connectivity index (χ3v) is 7.15. The number of aromatic nitrogens is 2. The van der Waals surface area contributed by atoms with E-state index in [0.717, 1.165) is 12.1 Å². The number of hydrogen-bond acceptors (Lipinski definition) is 6. The third-order valence-electron chi connectivity index (χ3n) is 5.40. The van der Waals surface area contributed by atoms with Crippen LogP contribution in [0.4, 0.5) is 11.5 Å². The van der Waals surface area contributed by atoms with Crippen LogP contribution in [0, 0.1) is 0 Å². The fourth-order valence-corrected chi connectivity index (χ4v) is 5.68. The van der Waals surface area contributed by atoms with Crippen LogP contribution in [-0.2, 0) is 16.3 Å². The lowest BCUT2D eigenvalue weighted by Gasteiger charge is -2.24. The lowest BCUT2D eigenvalue weighted by molar-refractivity contribution is 0.0740. The fraction of sp³-hybridized carbons (Fsp3) is 0.421. The second-order valence-electron chi connectivity index (χ2n) is 7.30. The molecule has 4 rings (SSSR count). The molecule has 2 aromatic rings. The average molecular weight is 386 g/mol. The van der Waals surface area contributed by atoms with E-state index in [2.05, 4.69) is 34.2 Å². The minimum atomic E-state index is -3.05. The van der Waals surface area contributed by atoms with Gasteiger partial charge < -0.3 is 9.80 Å². The summed E-state index contributed by atoms with van der Waals surface area (Å²) in [6.07, 6.45) is 1.41. The molecule has 1 aromatic heterocycles. The van der Waals surface area contributed by atoms with Crippen LogP contribution in [0.1, 0.15) is 29.4 Å². The van der Waals surface area contributed by atoms with E-state index >= 15 is 0 Å². The molecule has 2 aliphatic heterocycles. The van der Waals surface area contributed by atoms with Gasteiger partial charge >= 0.3 is 0 Å². The molecule has 7 nitrogen and oxygen atoms in total. The van der Waals surface area contributed by atoms with Crippen molar-refractivity contribution in [2.75, 3.05) is 23.5 Å². The van der Waals surface area contributed by atoms with Gasteiger partial charge in [0.2, 0.25) is 0 Å². The van der Waals surface area contributed by atoms with Crippen molar-refractivity contribution in [2.45, 2.75) is 31.8 Å². The van der Waals surface area contributed by atoms with Gasteiger partial charge in [-0.25, -0.2) is 8.42 Å². The SMILES string of the molecule is CC1Cc2ccccc2N1c1ccc(C(=O)N(C)C2CCS(=O)(=O)C2)nn1. The highest BCUT2D eigenvalue weighted by Gasteiger charge is 2.34. The Morgan fingerprint density at radius 3 is 2.63 bits per heavy atom. The number of hydrogen-bond donors (Lipinski definition) is 0. The highest BCUT2D eigenvalue weighted by molar-refractivity contribution is 7.91. The number of carbonyl (C=O) groups is 1. The summed E-state index contributed by atoms with van der Waals surface area (Å²) in [7, 11) is -1.42. The second-order valence-corrected chi connectivity index (χ2v) is 9.53. The number of fused-ring (bicyclic) bond motifs is 1. The molecular weight excluding hydrogens is 364 g/mol. The monoisotopic (exact) mass is 386 g/mol. The minimum absolute atomic E-state index is 0.0167. The van der Waals surface area contributed by atoms with E-state index in [0.29, 0.717) is 12.2 Å². The largest absolute Gasteiger partial charge is 0.336 e. The van der Waals surface area contributed by atoms with Gasteiger partial charge in [-0.3, -0.25) is 4.79 Å². The summed E-state index contributed by atoms with van der Waals surface area (Å²) in [6, 6.07) is 11.6. The van der Waals surface area contributed by atoms with Crippen LogP contribution in [0.3, 0.4) is 0 Å². The van der Waals surface area contributed by atoms with Crippen LogP contribution in [0.15, 0.2) is 36.4 Å². The predicted octanol–water partition coefficient (Wildman–Crippen LogP) is 1.82. The maximum absolute atomic E-state index is 12.7. The number of amides is 1. The number of anilines is 2. The first kappa shape index (κ1) is 17.9. The van der Waals surface area contributed by atoms with Gasteiger partial charge in [-0.15, -0.1) is 10.2 Å². The number of sulfone groups is 1. The second kappa shape index (κ2) is 6.60. The van der Waals surface area contributed by atoms with Gasteiger partial charge in [0.15, 0.2) is 21.3 Å². The van der Waals surface area contributed by atoms with E-state index in [-0.39, 0.29) is 35.2 Å². The van der Waals surface area contributed by atoms with E-state index < -0.39 is 9.84 Å². The lowest BCUT2D eigenvalue weighted by atomic mass is 10.1. The summed E-state index contributed by atoms with van der Waals surface area (Å²) in [6.45, 7) is 2.13.